The highest BCUT2D eigenvalue weighted by Gasteiger charge is 2.45. The number of amides is 8. The molecule has 1 unspecified atom stereocenters. The third-order valence-corrected chi connectivity index (χ3v) is 13.8. The van der Waals surface area contributed by atoms with E-state index in [1.54, 1.807) is 20.0 Å². The molecule has 0 bridgehead atoms. The normalized spacial score (nSPS) is 27.9. The minimum Gasteiger partial charge on any atom is -0.391 e. The third-order valence-electron chi connectivity index (χ3n) is 13.8. The minimum atomic E-state index is -1.52. The van der Waals surface area contributed by atoms with Crippen molar-refractivity contribution in [2.24, 2.45) is 11.8 Å². The molecular weight excluding hydrogens is 871 g/mol. The molecule has 4 fully saturated rings. The zero-order chi connectivity index (χ0) is 48.8. The number of nitrogens with zero attached hydrogens (tertiary/aromatic N) is 3. The zero-order valence-corrected chi connectivity index (χ0v) is 39.7. The first-order valence-corrected chi connectivity index (χ1v) is 24.2. The first kappa shape index (κ1) is 49.6. The Kier molecular flexibility index (Phi) is 15.9. The van der Waals surface area contributed by atoms with E-state index < -0.39 is 108 Å². The van der Waals surface area contributed by atoms with Crippen molar-refractivity contribution in [3.63, 3.8) is 0 Å². The lowest BCUT2D eigenvalue weighted by molar-refractivity contribution is -0.146. The molecule has 9 atom stereocenters. The summed E-state index contributed by atoms with van der Waals surface area (Å²) in [5.74, 6) is -5.39. The molecule has 5 heterocycles. The van der Waals surface area contributed by atoms with Crippen molar-refractivity contribution in [3.8, 4) is 0 Å². The van der Waals surface area contributed by atoms with Crippen molar-refractivity contribution in [1.82, 2.24) is 46.3 Å². The summed E-state index contributed by atoms with van der Waals surface area (Å²) in [6.45, 7) is 9.18. The van der Waals surface area contributed by atoms with Crippen LogP contribution in [-0.2, 0) is 51.2 Å². The Labute approximate surface area is 397 Å². The summed E-state index contributed by atoms with van der Waals surface area (Å²) in [4.78, 5) is 123. The molecule has 4 aliphatic heterocycles. The summed E-state index contributed by atoms with van der Waals surface area (Å²) in [6, 6.07) is 7.52. The predicted molar refractivity (Wildman–Crippen MR) is 252 cm³/mol. The summed E-state index contributed by atoms with van der Waals surface area (Å²) < 4.78 is 0. The highest BCUT2D eigenvalue weighted by atomic mass is 16.3. The molecule has 4 saturated heterocycles. The van der Waals surface area contributed by atoms with Crippen LogP contribution in [0, 0.1) is 11.8 Å². The van der Waals surface area contributed by atoms with E-state index in [0.29, 0.717) is 32.1 Å². The molecule has 3 aromatic rings. The van der Waals surface area contributed by atoms with Gasteiger partial charge in [0.05, 0.1) is 6.10 Å². The standard InChI is InChI=1S/C50H67N9O9/c1-28(2)24-35-43(61)55-41(29(3)4)50(68)59-23-13-19-39(59)45(63)54-37(26-32-27-51-34-17-10-9-16-33(32)34)49(67)57-21-11-18-38(57)44(62)53-36(25-31-14-7-6-8-15-31)48(66)58-22-12-20-40(58)46(64)56-42(30(5)60)47(65)52-35/h6-10,14-17,27-30,35-42,51,60H,11-13,18-26H2,1-5H3,(H,52,65)(H,53,62)(H,54,63)(H,55,61)(H,56,64)/t30?,35-,36-,37-,38-,39-,40-,41-,42-/m0/s1. The monoisotopic (exact) mass is 938 g/mol. The maximum Gasteiger partial charge on any atom is 0.246 e. The van der Waals surface area contributed by atoms with E-state index in [1.165, 1.54) is 21.6 Å². The number of fused-ring (bicyclic) bond motifs is 4. The van der Waals surface area contributed by atoms with Crippen LogP contribution in [0.15, 0.2) is 60.8 Å². The van der Waals surface area contributed by atoms with Crippen molar-refractivity contribution in [2.75, 3.05) is 19.6 Å². The van der Waals surface area contributed by atoms with Crippen LogP contribution >= 0.6 is 0 Å². The van der Waals surface area contributed by atoms with Gasteiger partial charge in [-0.05, 0) is 80.9 Å². The number of carbonyl (C=O) groups excluding carboxylic acids is 8. The number of rotatable bonds is 8. The van der Waals surface area contributed by atoms with Gasteiger partial charge < -0.3 is 51.4 Å². The second-order valence-electron chi connectivity index (χ2n) is 19.6. The minimum absolute atomic E-state index is 0.0666. The predicted octanol–water partition coefficient (Wildman–Crippen LogP) is 1.45. The van der Waals surface area contributed by atoms with E-state index in [0.717, 1.165) is 22.0 Å². The Morgan fingerprint density at radius 3 is 1.57 bits per heavy atom. The molecular formula is C50H67N9O9. The van der Waals surface area contributed by atoms with Crippen molar-refractivity contribution >= 4 is 58.2 Å². The number of benzene rings is 2. The van der Waals surface area contributed by atoms with E-state index in [2.05, 4.69) is 31.6 Å². The lowest BCUT2D eigenvalue weighted by atomic mass is 9.98. The van der Waals surface area contributed by atoms with E-state index in [1.807, 2.05) is 68.4 Å². The number of para-hydroxylation sites is 1. The fraction of sp³-hybridized carbons (Fsp3) is 0.560. The van der Waals surface area contributed by atoms with Crippen LogP contribution in [0.2, 0.25) is 0 Å². The van der Waals surface area contributed by atoms with Gasteiger partial charge in [0.2, 0.25) is 47.3 Å². The van der Waals surface area contributed by atoms with Gasteiger partial charge in [0.15, 0.2) is 0 Å². The van der Waals surface area contributed by atoms with Crippen molar-refractivity contribution in [1.29, 1.82) is 0 Å². The molecule has 18 heteroatoms. The van der Waals surface area contributed by atoms with E-state index in [-0.39, 0.29) is 51.2 Å². The smallest absolute Gasteiger partial charge is 0.246 e. The molecule has 68 heavy (non-hydrogen) atoms. The van der Waals surface area contributed by atoms with Crippen LogP contribution in [0.3, 0.4) is 0 Å². The zero-order valence-electron chi connectivity index (χ0n) is 39.7. The van der Waals surface area contributed by atoms with Crippen LogP contribution < -0.4 is 26.6 Å². The highest BCUT2D eigenvalue weighted by Crippen LogP contribution is 2.27. The molecule has 2 aromatic carbocycles. The molecule has 18 nitrogen and oxygen atoms in total. The molecule has 7 N–H and O–H groups in total. The fourth-order valence-corrected chi connectivity index (χ4v) is 10.2. The van der Waals surface area contributed by atoms with Gasteiger partial charge in [-0.3, -0.25) is 38.4 Å². The van der Waals surface area contributed by atoms with Crippen LogP contribution in [0.5, 0.6) is 0 Å². The topological polar surface area (TPSA) is 242 Å². The Balaban J connectivity index is 1.27. The summed E-state index contributed by atoms with van der Waals surface area (Å²) in [6.07, 6.45) is 2.90. The van der Waals surface area contributed by atoms with Gasteiger partial charge in [-0.15, -0.1) is 0 Å². The number of aliphatic hydroxyl groups excluding tert-OH is 1. The van der Waals surface area contributed by atoms with Crippen molar-refractivity contribution < 1.29 is 43.5 Å². The van der Waals surface area contributed by atoms with Gasteiger partial charge in [0.1, 0.15) is 48.3 Å². The SMILES string of the molecule is CC(C)C[C@@H]1NC(=O)[C@H](C(C)O)NC(=O)[C@@H]2CCCN2C(=O)[C@H](Cc2ccccc2)NC(=O)[C@@H]2CCCN2C(=O)[C@H](Cc2c[nH]c3ccccc23)NC(=O)[C@@H]2CCCN2C(=O)[C@H](C(C)C)NC1=O. The van der Waals surface area contributed by atoms with Crippen LogP contribution in [0.4, 0.5) is 0 Å². The molecule has 7 rings (SSSR count). The number of aromatic amines is 1. The third kappa shape index (κ3) is 11.2. The van der Waals surface area contributed by atoms with Gasteiger partial charge in [-0.2, -0.15) is 0 Å². The number of carbonyl (C=O) groups is 8. The Morgan fingerprint density at radius 2 is 1.03 bits per heavy atom. The Bertz CT molecular complexity index is 2350. The fourth-order valence-electron chi connectivity index (χ4n) is 10.2. The maximum absolute atomic E-state index is 15.0. The number of H-pyrrole nitrogens is 1. The van der Waals surface area contributed by atoms with Crippen LogP contribution in [-0.4, -0.2) is 146 Å². The van der Waals surface area contributed by atoms with Crippen LogP contribution in [0.25, 0.3) is 10.9 Å². The van der Waals surface area contributed by atoms with E-state index in [9.17, 15) is 43.5 Å². The molecule has 8 amide bonds. The van der Waals surface area contributed by atoms with Gasteiger partial charge in [-0.1, -0.05) is 76.2 Å². The van der Waals surface area contributed by atoms with E-state index >= 15 is 0 Å². The number of hydrogen-bond donors (Lipinski definition) is 7. The van der Waals surface area contributed by atoms with E-state index in [4.69, 9.17) is 0 Å². The molecule has 0 radical (unpaired) electrons. The van der Waals surface area contributed by atoms with Gasteiger partial charge >= 0.3 is 0 Å². The molecule has 0 saturated carbocycles. The summed E-state index contributed by atoms with van der Waals surface area (Å²) in [5, 5.41) is 25.9. The first-order chi connectivity index (χ1) is 32.5. The van der Waals surface area contributed by atoms with Crippen molar-refractivity contribution in [2.45, 2.75) is 147 Å². The maximum atomic E-state index is 15.0. The summed E-state index contributed by atoms with van der Waals surface area (Å²) in [7, 11) is 0. The number of hydrogen-bond acceptors (Lipinski definition) is 9. The lowest BCUT2D eigenvalue weighted by Gasteiger charge is -2.34. The Morgan fingerprint density at radius 1 is 0.544 bits per heavy atom. The molecule has 4 aliphatic rings. The number of nitrogens with one attached hydrogen (secondary N) is 6. The van der Waals surface area contributed by atoms with Gasteiger partial charge in [0.25, 0.3) is 0 Å². The highest BCUT2D eigenvalue weighted by molar-refractivity contribution is 6.00. The molecule has 0 aliphatic carbocycles. The largest absolute Gasteiger partial charge is 0.391 e. The summed E-state index contributed by atoms with van der Waals surface area (Å²) >= 11 is 0. The molecule has 1 aromatic heterocycles. The van der Waals surface area contributed by atoms with Crippen LogP contribution in [0.1, 0.15) is 90.7 Å². The Hall–Kier alpha value is -6.30. The van der Waals surface area contributed by atoms with Crippen molar-refractivity contribution in [3.05, 3.63) is 71.9 Å². The average Bonchev–Trinajstić information content (AvgIpc) is 4.16. The second kappa shape index (κ2) is 21.8. The first-order valence-electron chi connectivity index (χ1n) is 24.2. The lowest BCUT2D eigenvalue weighted by Crippen LogP contribution is -2.62. The molecule has 0 spiro atoms. The summed E-state index contributed by atoms with van der Waals surface area (Å²) in [5.41, 5.74) is 2.34. The molecule has 366 valence electrons. The average molecular weight is 938 g/mol. The van der Waals surface area contributed by atoms with Gasteiger partial charge in [0, 0.05) is 49.6 Å². The number of aromatic nitrogens is 1. The second-order valence-corrected chi connectivity index (χ2v) is 19.6. The number of aliphatic hydroxyl groups is 1. The van der Waals surface area contributed by atoms with Gasteiger partial charge in [-0.25, -0.2) is 0 Å². The quantitative estimate of drug-likeness (QED) is 0.173.